The summed E-state index contributed by atoms with van der Waals surface area (Å²) in [5.74, 6) is -0.218. The fraction of sp³-hybridized carbons (Fsp3) is 0.250. The Morgan fingerprint density at radius 1 is 1.29 bits per heavy atom. The molecular formula is C16H17FN2OS. The van der Waals surface area contributed by atoms with E-state index in [1.807, 2.05) is 26.8 Å². The molecule has 2 N–H and O–H groups in total. The zero-order valence-corrected chi connectivity index (χ0v) is 13.1. The maximum Gasteiger partial charge on any atom is 0.251 e. The van der Waals surface area contributed by atoms with Gasteiger partial charge in [0.25, 0.3) is 5.91 Å². The molecule has 0 aliphatic carbocycles. The lowest BCUT2D eigenvalue weighted by molar-refractivity contribution is 0.0996. The Morgan fingerprint density at radius 3 is 2.62 bits per heavy atom. The minimum Gasteiger partial charge on any atom is -0.366 e. The summed E-state index contributed by atoms with van der Waals surface area (Å²) in [5, 5.41) is 0.604. The average molecular weight is 304 g/mol. The highest BCUT2D eigenvalue weighted by molar-refractivity contribution is 7.98. The molecule has 0 unspecified atom stereocenters. The number of hydrogen-bond acceptors (Lipinski definition) is 3. The monoisotopic (exact) mass is 304 g/mol. The number of nitrogens with zero attached hydrogens (tertiary/aromatic N) is 1. The second kappa shape index (κ2) is 6.26. The van der Waals surface area contributed by atoms with E-state index in [9.17, 15) is 9.18 Å². The van der Waals surface area contributed by atoms with Crippen LogP contribution in [-0.4, -0.2) is 10.9 Å². The molecule has 0 spiro atoms. The molecule has 0 aliphatic rings. The van der Waals surface area contributed by atoms with E-state index in [-0.39, 0.29) is 5.82 Å². The van der Waals surface area contributed by atoms with Crippen LogP contribution in [0.3, 0.4) is 0 Å². The Balaban J connectivity index is 2.33. The van der Waals surface area contributed by atoms with Crippen molar-refractivity contribution < 1.29 is 9.18 Å². The number of primary amides is 1. The van der Waals surface area contributed by atoms with Gasteiger partial charge in [-0.1, -0.05) is 12.1 Å². The fourth-order valence-electron chi connectivity index (χ4n) is 2.08. The van der Waals surface area contributed by atoms with E-state index < -0.39 is 5.91 Å². The Hall–Kier alpha value is -1.88. The number of nitrogens with two attached hydrogens (primary N) is 1. The van der Waals surface area contributed by atoms with Gasteiger partial charge in [-0.25, -0.2) is 9.37 Å². The zero-order valence-electron chi connectivity index (χ0n) is 12.2. The fourth-order valence-corrected chi connectivity index (χ4v) is 3.17. The topological polar surface area (TPSA) is 56.0 Å². The zero-order chi connectivity index (χ0) is 15.6. The van der Waals surface area contributed by atoms with Crippen molar-refractivity contribution >= 4 is 17.7 Å². The van der Waals surface area contributed by atoms with Gasteiger partial charge in [0.05, 0.1) is 5.56 Å². The van der Waals surface area contributed by atoms with Gasteiger partial charge in [-0.2, -0.15) is 0 Å². The summed E-state index contributed by atoms with van der Waals surface area (Å²) in [7, 11) is 0. The molecule has 0 aliphatic heterocycles. The number of aryl methyl sites for hydroxylation is 1. The number of hydrogen-bond donors (Lipinski definition) is 1. The Kier molecular flexibility index (Phi) is 4.63. The smallest absolute Gasteiger partial charge is 0.251 e. The third-order valence-electron chi connectivity index (χ3n) is 3.47. The van der Waals surface area contributed by atoms with Crippen LogP contribution >= 0.6 is 11.8 Å². The number of carbonyl (C=O) groups excluding carboxylic acids is 1. The summed E-state index contributed by atoms with van der Waals surface area (Å²) >= 11 is 1.40. The first-order valence-electron chi connectivity index (χ1n) is 6.55. The third kappa shape index (κ3) is 3.42. The lowest BCUT2D eigenvalue weighted by atomic mass is 10.0. The van der Waals surface area contributed by atoms with Gasteiger partial charge in [-0.05, 0) is 49.6 Å². The lowest BCUT2D eigenvalue weighted by Gasteiger charge is -2.13. The maximum atomic E-state index is 13.2. The van der Waals surface area contributed by atoms with Crippen molar-refractivity contribution in [3.05, 3.63) is 58.0 Å². The summed E-state index contributed by atoms with van der Waals surface area (Å²) in [6.07, 6.45) is 0. The molecule has 1 aromatic carbocycles. The van der Waals surface area contributed by atoms with Crippen molar-refractivity contribution in [3.63, 3.8) is 0 Å². The summed E-state index contributed by atoms with van der Waals surface area (Å²) in [5.41, 5.74) is 9.48. The number of aromatic nitrogens is 1. The predicted molar refractivity (Wildman–Crippen MR) is 82.9 cm³/mol. The van der Waals surface area contributed by atoms with Gasteiger partial charge in [0, 0.05) is 11.4 Å². The van der Waals surface area contributed by atoms with Gasteiger partial charge in [0.1, 0.15) is 10.8 Å². The van der Waals surface area contributed by atoms with E-state index in [0.29, 0.717) is 16.3 Å². The summed E-state index contributed by atoms with van der Waals surface area (Å²) < 4.78 is 13.2. The molecule has 0 saturated heterocycles. The van der Waals surface area contributed by atoms with Crippen LogP contribution in [-0.2, 0) is 5.75 Å². The van der Waals surface area contributed by atoms with Crippen molar-refractivity contribution in [3.8, 4) is 0 Å². The van der Waals surface area contributed by atoms with Gasteiger partial charge in [-0.3, -0.25) is 4.79 Å². The van der Waals surface area contributed by atoms with Crippen LogP contribution in [0.2, 0.25) is 0 Å². The van der Waals surface area contributed by atoms with E-state index in [1.165, 1.54) is 23.9 Å². The molecule has 1 heterocycles. The SMILES string of the molecule is Cc1nc(SCc2cccc(F)c2)c(C(N)=O)c(C)c1C. The quantitative estimate of drug-likeness (QED) is 0.879. The van der Waals surface area contributed by atoms with Crippen LogP contribution in [0.4, 0.5) is 4.39 Å². The Bertz CT molecular complexity index is 701. The standard InChI is InChI=1S/C16H17FN2OS/c1-9-10(2)14(15(18)20)16(19-11(9)3)21-8-12-5-4-6-13(17)7-12/h4-7H,8H2,1-3H3,(H2,18,20). The van der Waals surface area contributed by atoms with Gasteiger partial charge >= 0.3 is 0 Å². The van der Waals surface area contributed by atoms with Crippen LogP contribution in [0.1, 0.15) is 32.7 Å². The number of thioether (sulfide) groups is 1. The first-order valence-corrected chi connectivity index (χ1v) is 7.53. The molecular weight excluding hydrogens is 287 g/mol. The van der Waals surface area contributed by atoms with Crippen LogP contribution in [0.5, 0.6) is 0 Å². The minimum absolute atomic E-state index is 0.271. The van der Waals surface area contributed by atoms with Crippen molar-refractivity contribution in [2.24, 2.45) is 5.73 Å². The van der Waals surface area contributed by atoms with Crippen LogP contribution < -0.4 is 5.73 Å². The molecule has 2 rings (SSSR count). The number of amides is 1. The van der Waals surface area contributed by atoms with Crippen LogP contribution in [0.15, 0.2) is 29.3 Å². The molecule has 0 saturated carbocycles. The van der Waals surface area contributed by atoms with Gasteiger partial charge < -0.3 is 5.73 Å². The highest BCUT2D eigenvalue weighted by atomic mass is 32.2. The molecule has 1 amide bonds. The molecule has 5 heteroatoms. The summed E-state index contributed by atoms with van der Waals surface area (Å²) in [4.78, 5) is 16.1. The molecule has 0 bridgehead atoms. The molecule has 0 atom stereocenters. The van der Waals surface area contributed by atoms with Crippen molar-refractivity contribution in [2.45, 2.75) is 31.6 Å². The third-order valence-corrected chi connectivity index (χ3v) is 4.52. The molecule has 110 valence electrons. The molecule has 21 heavy (non-hydrogen) atoms. The van der Waals surface area contributed by atoms with Crippen molar-refractivity contribution in [1.29, 1.82) is 0 Å². The first-order chi connectivity index (χ1) is 9.90. The van der Waals surface area contributed by atoms with E-state index in [0.717, 1.165) is 22.4 Å². The van der Waals surface area contributed by atoms with E-state index in [1.54, 1.807) is 6.07 Å². The van der Waals surface area contributed by atoms with E-state index in [2.05, 4.69) is 4.98 Å². The normalized spacial score (nSPS) is 10.7. The number of pyridine rings is 1. The Morgan fingerprint density at radius 2 is 2.00 bits per heavy atom. The number of benzene rings is 1. The molecule has 1 aromatic heterocycles. The second-order valence-corrected chi connectivity index (χ2v) is 5.87. The Labute approximate surface area is 127 Å². The van der Waals surface area contributed by atoms with Crippen molar-refractivity contribution in [1.82, 2.24) is 4.98 Å². The first kappa shape index (κ1) is 15.5. The van der Waals surface area contributed by atoms with Crippen LogP contribution in [0, 0.1) is 26.6 Å². The minimum atomic E-state index is -0.482. The van der Waals surface area contributed by atoms with Crippen LogP contribution in [0.25, 0.3) is 0 Å². The van der Waals surface area contributed by atoms with Gasteiger partial charge in [-0.15, -0.1) is 11.8 Å². The van der Waals surface area contributed by atoms with Gasteiger partial charge in [0.15, 0.2) is 0 Å². The molecule has 0 radical (unpaired) electrons. The highest BCUT2D eigenvalue weighted by Crippen LogP contribution is 2.29. The lowest BCUT2D eigenvalue weighted by Crippen LogP contribution is -2.16. The predicted octanol–water partition coefficient (Wildman–Crippen LogP) is 3.54. The molecule has 3 nitrogen and oxygen atoms in total. The number of carbonyl (C=O) groups is 1. The van der Waals surface area contributed by atoms with Gasteiger partial charge in [0.2, 0.25) is 0 Å². The van der Waals surface area contributed by atoms with Crippen molar-refractivity contribution in [2.75, 3.05) is 0 Å². The highest BCUT2D eigenvalue weighted by Gasteiger charge is 2.17. The average Bonchev–Trinajstić information content (AvgIpc) is 2.42. The second-order valence-electron chi connectivity index (χ2n) is 4.91. The maximum absolute atomic E-state index is 13.2. The van der Waals surface area contributed by atoms with E-state index >= 15 is 0 Å². The summed E-state index contributed by atoms with van der Waals surface area (Å²) in [6, 6.07) is 6.39. The number of rotatable bonds is 4. The molecule has 0 fully saturated rings. The summed E-state index contributed by atoms with van der Waals surface area (Å²) in [6.45, 7) is 5.70. The molecule has 2 aromatic rings. The van der Waals surface area contributed by atoms with E-state index in [4.69, 9.17) is 5.73 Å². The largest absolute Gasteiger partial charge is 0.366 e. The number of halogens is 1.